The molecule has 0 aliphatic heterocycles. The molecule has 2 aromatic heterocycles. The Morgan fingerprint density at radius 1 is 1.22 bits per heavy atom. The molecule has 0 spiro atoms. The lowest BCUT2D eigenvalue weighted by Crippen LogP contribution is -1.98. The number of hydrogen-bond acceptors (Lipinski definition) is 4. The second-order valence-electron chi connectivity index (χ2n) is 3.75. The average molecular weight is 258 g/mol. The maximum Gasteiger partial charge on any atom is 0.198 e. The summed E-state index contributed by atoms with van der Waals surface area (Å²) >= 11 is 5.03. The van der Waals surface area contributed by atoms with E-state index in [4.69, 9.17) is 17.0 Å². The third kappa shape index (κ3) is 1.76. The van der Waals surface area contributed by atoms with E-state index >= 15 is 0 Å². The maximum atomic E-state index is 5.13. The number of benzene rings is 1. The van der Waals surface area contributed by atoms with Crippen LogP contribution < -0.4 is 4.74 Å². The summed E-state index contributed by atoms with van der Waals surface area (Å²) in [4.78, 5) is 7.07. The molecule has 0 radical (unpaired) electrons. The zero-order chi connectivity index (χ0) is 12.5. The summed E-state index contributed by atoms with van der Waals surface area (Å²) in [5.41, 5.74) is 1.77. The van der Waals surface area contributed by atoms with Crippen LogP contribution in [0, 0.1) is 4.77 Å². The standard InChI is InChI=1S/C12H10N4OS/c1-17-10-4-2-9(3-5-10)16-11-8(7-14-16)6-13-12(18)15-11/h2-7H,1H3,(H,13,15,18). The van der Waals surface area contributed by atoms with Crippen LogP contribution in [0.25, 0.3) is 16.7 Å². The Bertz CT molecular complexity index is 745. The van der Waals surface area contributed by atoms with Crippen molar-refractivity contribution in [3.8, 4) is 11.4 Å². The number of rotatable bonds is 2. The molecule has 3 rings (SSSR count). The molecule has 0 aliphatic rings. The van der Waals surface area contributed by atoms with Crippen LogP contribution in [0.5, 0.6) is 5.75 Å². The van der Waals surface area contributed by atoms with Crippen molar-refractivity contribution < 1.29 is 4.74 Å². The van der Waals surface area contributed by atoms with Gasteiger partial charge in [-0.3, -0.25) is 0 Å². The van der Waals surface area contributed by atoms with Gasteiger partial charge in [-0.15, -0.1) is 0 Å². The van der Waals surface area contributed by atoms with Crippen LogP contribution in [0.4, 0.5) is 0 Å². The molecule has 2 heterocycles. The van der Waals surface area contributed by atoms with Gasteiger partial charge < -0.3 is 9.72 Å². The fourth-order valence-electron chi connectivity index (χ4n) is 1.76. The van der Waals surface area contributed by atoms with Gasteiger partial charge in [-0.2, -0.15) is 5.10 Å². The molecule has 0 bridgehead atoms. The SMILES string of the molecule is COc1ccc(-n2ncc3cnc(=S)[nH]c32)cc1. The van der Waals surface area contributed by atoms with Gasteiger partial charge in [0.2, 0.25) is 0 Å². The maximum absolute atomic E-state index is 5.13. The molecule has 1 aromatic carbocycles. The summed E-state index contributed by atoms with van der Waals surface area (Å²) in [5.74, 6) is 0.810. The Morgan fingerprint density at radius 2 is 2.00 bits per heavy atom. The molecule has 0 amide bonds. The monoisotopic (exact) mass is 258 g/mol. The first-order valence-electron chi connectivity index (χ1n) is 5.35. The number of aromatic amines is 1. The lowest BCUT2D eigenvalue weighted by Gasteiger charge is -2.04. The summed E-state index contributed by atoms with van der Waals surface area (Å²) in [7, 11) is 1.64. The van der Waals surface area contributed by atoms with Crippen molar-refractivity contribution >= 4 is 23.3 Å². The number of fused-ring (bicyclic) bond motifs is 1. The predicted octanol–water partition coefficient (Wildman–Crippen LogP) is 2.49. The second-order valence-corrected chi connectivity index (χ2v) is 4.13. The highest BCUT2D eigenvalue weighted by Gasteiger charge is 2.05. The van der Waals surface area contributed by atoms with Crippen LogP contribution in [0.15, 0.2) is 36.7 Å². The van der Waals surface area contributed by atoms with E-state index in [2.05, 4.69) is 15.1 Å². The van der Waals surface area contributed by atoms with Gasteiger partial charge in [0.15, 0.2) is 4.77 Å². The summed E-state index contributed by atoms with van der Waals surface area (Å²) in [6, 6.07) is 7.64. The summed E-state index contributed by atoms with van der Waals surface area (Å²) in [6.45, 7) is 0. The van der Waals surface area contributed by atoms with E-state index < -0.39 is 0 Å². The summed E-state index contributed by atoms with van der Waals surface area (Å²) < 4.78 is 7.36. The van der Waals surface area contributed by atoms with Gasteiger partial charge in [-0.1, -0.05) is 0 Å². The summed E-state index contributed by atoms with van der Waals surface area (Å²) in [6.07, 6.45) is 3.46. The third-order valence-corrected chi connectivity index (χ3v) is 2.87. The highest BCUT2D eigenvalue weighted by Crippen LogP contribution is 2.18. The number of H-pyrrole nitrogens is 1. The second kappa shape index (κ2) is 4.23. The number of nitrogens with zero attached hydrogens (tertiary/aromatic N) is 3. The molecule has 0 aliphatic carbocycles. The van der Waals surface area contributed by atoms with Gasteiger partial charge in [-0.05, 0) is 36.5 Å². The summed E-state index contributed by atoms with van der Waals surface area (Å²) in [5, 5.41) is 5.24. The number of aromatic nitrogens is 4. The molecule has 1 N–H and O–H groups in total. The Hall–Kier alpha value is -2.21. The quantitative estimate of drug-likeness (QED) is 0.717. The highest BCUT2D eigenvalue weighted by atomic mass is 32.1. The number of nitrogens with one attached hydrogen (secondary N) is 1. The van der Waals surface area contributed by atoms with Gasteiger partial charge in [-0.25, -0.2) is 9.67 Å². The lowest BCUT2D eigenvalue weighted by atomic mass is 10.3. The van der Waals surface area contributed by atoms with Crippen molar-refractivity contribution in [1.29, 1.82) is 0 Å². The minimum absolute atomic E-state index is 0.442. The van der Waals surface area contributed by atoms with E-state index in [1.54, 1.807) is 24.2 Å². The fraction of sp³-hybridized carbons (Fsp3) is 0.0833. The molecule has 0 saturated carbocycles. The van der Waals surface area contributed by atoms with Crippen molar-refractivity contribution in [3.05, 3.63) is 41.4 Å². The lowest BCUT2D eigenvalue weighted by molar-refractivity contribution is 0.414. The Balaban J connectivity index is 2.18. The van der Waals surface area contributed by atoms with E-state index in [1.165, 1.54) is 0 Å². The Kier molecular flexibility index (Phi) is 2.56. The predicted molar refractivity (Wildman–Crippen MR) is 70.6 cm³/mol. The molecule has 0 fully saturated rings. The van der Waals surface area contributed by atoms with E-state index in [9.17, 15) is 0 Å². The van der Waals surface area contributed by atoms with Crippen molar-refractivity contribution in [2.75, 3.05) is 7.11 Å². The minimum atomic E-state index is 0.442. The number of methoxy groups -OCH3 is 1. The molecule has 6 heteroatoms. The van der Waals surface area contributed by atoms with Crippen molar-refractivity contribution in [2.45, 2.75) is 0 Å². The number of ether oxygens (including phenoxy) is 1. The molecule has 0 saturated heterocycles. The van der Waals surface area contributed by atoms with Crippen LogP contribution in [0.2, 0.25) is 0 Å². The molecule has 0 atom stereocenters. The first kappa shape index (κ1) is 10.9. The molecular weight excluding hydrogens is 248 g/mol. The molecule has 90 valence electrons. The van der Waals surface area contributed by atoms with Crippen LogP contribution in [-0.2, 0) is 0 Å². The molecule has 5 nitrogen and oxygen atoms in total. The Labute approximate surface area is 108 Å². The molecule has 0 unspecified atom stereocenters. The number of hydrogen-bond donors (Lipinski definition) is 1. The first-order valence-corrected chi connectivity index (χ1v) is 5.76. The topological polar surface area (TPSA) is 55.7 Å². The minimum Gasteiger partial charge on any atom is -0.497 e. The van der Waals surface area contributed by atoms with E-state index in [0.29, 0.717) is 4.77 Å². The van der Waals surface area contributed by atoms with Crippen molar-refractivity contribution in [1.82, 2.24) is 19.7 Å². The highest BCUT2D eigenvalue weighted by molar-refractivity contribution is 7.71. The van der Waals surface area contributed by atoms with Gasteiger partial charge in [0.1, 0.15) is 11.4 Å². The third-order valence-electron chi connectivity index (χ3n) is 2.66. The van der Waals surface area contributed by atoms with Crippen LogP contribution in [0.3, 0.4) is 0 Å². The van der Waals surface area contributed by atoms with E-state index in [1.807, 2.05) is 24.3 Å². The van der Waals surface area contributed by atoms with Crippen molar-refractivity contribution in [3.63, 3.8) is 0 Å². The van der Waals surface area contributed by atoms with Crippen LogP contribution in [-0.4, -0.2) is 26.9 Å². The van der Waals surface area contributed by atoms with E-state index in [0.717, 1.165) is 22.5 Å². The fourth-order valence-corrected chi connectivity index (χ4v) is 1.91. The zero-order valence-electron chi connectivity index (χ0n) is 9.62. The Morgan fingerprint density at radius 3 is 2.72 bits per heavy atom. The normalized spacial score (nSPS) is 10.7. The molecular formula is C12H10N4OS. The smallest absolute Gasteiger partial charge is 0.198 e. The van der Waals surface area contributed by atoms with Gasteiger partial charge in [0, 0.05) is 6.20 Å². The largest absolute Gasteiger partial charge is 0.497 e. The molecule has 3 aromatic rings. The van der Waals surface area contributed by atoms with Gasteiger partial charge in [0.25, 0.3) is 0 Å². The van der Waals surface area contributed by atoms with Crippen LogP contribution in [0.1, 0.15) is 0 Å². The first-order chi connectivity index (χ1) is 8.78. The zero-order valence-corrected chi connectivity index (χ0v) is 10.4. The van der Waals surface area contributed by atoms with E-state index in [-0.39, 0.29) is 0 Å². The van der Waals surface area contributed by atoms with Crippen molar-refractivity contribution in [2.24, 2.45) is 0 Å². The molecule has 18 heavy (non-hydrogen) atoms. The van der Waals surface area contributed by atoms with Gasteiger partial charge >= 0.3 is 0 Å². The average Bonchev–Trinajstić information content (AvgIpc) is 2.82. The van der Waals surface area contributed by atoms with Crippen LogP contribution >= 0.6 is 12.2 Å². The van der Waals surface area contributed by atoms with Gasteiger partial charge in [0.05, 0.1) is 24.4 Å².